The molecular weight excluding hydrogens is 252 g/mol. The first kappa shape index (κ1) is 14.5. The van der Waals surface area contributed by atoms with E-state index >= 15 is 0 Å². The van der Waals surface area contributed by atoms with Crippen LogP contribution in [0.15, 0.2) is 42.0 Å². The van der Waals surface area contributed by atoms with Crippen LogP contribution < -0.4 is 0 Å². The molecule has 1 aliphatic carbocycles. The Kier molecular flexibility index (Phi) is 4.07. The molecule has 0 heterocycles. The van der Waals surface area contributed by atoms with Gasteiger partial charge in [-0.25, -0.2) is 0 Å². The van der Waals surface area contributed by atoms with E-state index in [0.29, 0.717) is 6.42 Å². The van der Waals surface area contributed by atoms with Gasteiger partial charge in [0.15, 0.2) is 0 Å². The van der Waals surface area contributed by atoms with Crippen LogP contribution in [0.2, 0.25) is 0 Å². The maximum atomic E-state index is 11.7. The van der Waals surface area contributed by atoms with Gasteiger partial charge in [0.1, 0.15) is 6.29 Å². The van der Waals surface area contributed by atoms with Gasteiger partial charge in [-0.15, -0.1) is 0 Å². The number of carbonyl (C=O) groups excluding carboxylic acids is 2. The standard InChI is InChI=1S/C17H20O3/c1-17(2)14(15(17)16(19)20-3)10-13(11-18)9-12-7-5-4-6-8-12/h4-8,10-11,14-15H,9H2,1-3H3/b13-10+/t14-,15+/m0/s1. The summed E-state index contributed by atoms with van der Waals surface area (Å²) in [5.41, 5.74) is 1.69. The minimum Gasteiger partial charge on any atom is -0.469 e. The fourth-order valence-electron chi connectivity index (χ4n) is 2.77. The van der Waals surface area contributed by atoms with E-state index in [9.17, 15) is 9.59 Å². The molecule has 1 aliphatic rings. The Labute approximate surface area is 119 Å². The molecule has 0 amide bonds. The molecule has 0 radical (unpaired) electrons. The average Bonchev–Trinajstić information content (AvgIpc) is 2.99. The number of aldehydes is 1. The summed E-state index contributed by atoms with van der Waals surface area (Å²) in [5.74, 6) is -0.252. The second-order valence-corrected chi connectivity index (χ2v) is 5.87. The van der Waals surface area contributed by atoms with E-state index in [4.69, 9.17) is 4.74 Å². The number of hydrogen-bond acceptors (Lipinski definition) is 3. The van der Waals surface area contributed by atoms with Gasteiger partial charge in [0.25, 0.3) is 0 Å². The summed E-state index contributed by atoms with van der Waals surface area (Å²) in [6, 6.07) is 9.84. The smallest absolute Gasteiger partial charge is 0.309 e. The number of methoxy groups -OCH3 is 1. The number of rotatable bonds is 5. The molecule has 20 heavy (non-hydrogen) atoms. The van der Waals surface area contributed by atoms with Crippen LogP contribution in [0.1, 0.15) is 19.4 Å². The molecule has 0 spiro atoms. The maximum absolute atomic E-state index is 11.7. The van der Waals surface area contributed by atoms with Gasteiger partial charge in [-0.2, -0.15) is 0 Å². The minimum absolute atomic E-state index is 0.0823. The highest BCUT2D eigenvalue weighted by Gasteiger charge is 2.61. The van der Waals surface area contributed by atoms with Crippen LogP contribution in [0.5, 0.6) is 0 Å². The third-order valence-electron chi connectivity index (χ3n) is 4.16. The zero-order valence-corrected chi connectivity index (χ0v) is 12.1. The molecule has 0 saturated heterocycles. The highest BCUT2D eigenvalue weighted by Crippen LogP contribution is 2.59. The molecule has 0 bridgehead atoms. The van der Waals surface area contributed by atoms with Crippen molar-refractivity contribution in [1.29, 1.82) is 0 Å². The average molecular weight is 272 g/mol. The highest BCUT2D eigenvalue weighted by molar-refractivity contribution is 5.80. The van der Waals surface area contributed by atoms with Crippen molar-refractivity contribution < 1.29 is 14.3 Å². The fraction of sp³-hybridized carbons (Fsp3) is 0.412. The number of ether oxygens (including phenoxy) is 1. The largest absolute Gasteiger partial charge is 0.469 e. The summed E-state index contributed by atoms with van der Waals surface area (Å²) in [4.78, 5) is 22.9. The van der Waals surface area contributed by atoms with Gasteiger partial charge in [-0.3, -0.25) is 9.59 Å². The van der Waals surface area contributed by atoms with E-state index in [1.165, 1.54) is 7.11 Å². The second kappa shape index (κ2) is 5.61. The van der Waals surface area contributed by atoms with Crippen LogP contribution in [-0.2, 0) is 20.7 Å². The molecule has 2 rings (SSSR count). The molecule has 1 fully saturated rings. The summed E-state index contributed by atoms with van der Waals surface area (Å²) in [7, 11) is 1.40. The van der Waals surface area contributed by atoms with E-state index in [1.54, 1.807) is 0 Å². The monoisotopic (exact) mass is 272 g/mol. The van der Waals surface area contributed by atoms with E-state index < -0.39 is 0 Å². The van der Waals surface area contributed by atoms with Crippen LogP contribution >= 0.6 is 0 Å². The van der Waals surface area contributed by atoms with Crippen molar-refractivity contribution in [3.8, 4) is 0 Å². The van der Waals surface area contributed by atoms with Crippen molar-refractivity contribution in [2.45, 2.75) is 20.3 Å². The molecule has 0 N–H and O–H groups in total. The lowest BCUT2D eigenvalue weighted by molar-refractivity contribution is -0.143. The van der Waals surface area contributed by atoms with Crippen molar-refractivity contribution in [2.75, 3.05) is 7.11 Å². The first-order chi connectivity index (χ1) is 9.50. The van der Waals surface area contributed by atoms with Crippen LogP contribution in [0, 0.1) is 17.3 Å². The predicted octanol–water partition coefficient (Wildman–Crippen LogP) is 2.80. The molecular formula is C17H20O3. The third-order valence-corrected chi connectivity index (χ3v) is 4.16. The molecule has 1 saturated carbocycles. The van der Waals surface area contributed by atoms with Gasteiger partial charge in [-0.1, -0.05) is 50.3 Å². The van der Waals surface area contributed by atoms with Gasteiger partial charge in [0.05, 0.1) is 13.0 Å². The van der Waals surface area contributed by atoms with Crippen LogP contribution in [0.4, 0.5) is 0 Å². The Bertz CT molecular complexity index is 528. The topological polar surface area (TPSA) is 43.4 Å². The van der Waals surface area contributed by atoms with Crippen molar-refractivity contribution in [2.24, 2.45) is 17.3 Å². The van der Waals surface area contributed by atoms with Crippen molar-refractivity contribution >= 4 is 12.3 Å². The summed E-state index contributed by atoms with van der Waals surface area (Å²) >= 11 is 0. The lowest BCUT2D eigenvalue weighted by Crippen LogP contribution is -2.07. The van der Waals surface area contributed by atoms with E-state index in [2.05, 4.69) is 0 Å². The third kappa shape index (κ3) is 2.82. The molecule has 0 unspecified atom stereocenters. The summed E-state index contributed by atoms with van der Waals surface area (Å²) in [6.07, 6.45) is 3.42. The summed E-state index contributed by atoms with van der Waals surface area (Å²) < 4.78 is 4.82. The zero-order chi connectivity index (χ0) is 14.8. The zero-order valence-electron chi connectivity index (χ0n) is 12.1. The molecule has 106 valence electrons. The maximum Gasteiger partial charge on any atom is 0.309 e. The Morgan fingerprint density at radius 3 is 2.50 bits per heavy atom. The predicted molar refractivity (Wildman–Crippen MR) is 77.1 cm³/mol. The van der Waals surface area contributed by atoms with E-state index in [1.807, 2.05) is 50.3 Å². The number of esters is 1. The molecule has 0 aromatic heterocycles. The number of hydrogen-bond donors (Lipinski definition) is 0. The SMILES string of the molecule is COC(=O)[C@H]1[C@H](/C=C(/C=O)Cc2ccccc2)C1(C)C. The Balaban J connectivity index is 2.13. The Morgan fingerprint density at radius 2 is 1.95 bits per heavy atom. The van der Waals surface area contributed by atoms with Gasteiger partial charge >= 0.3 is 5.97 Å². The second-order valence-electron chi connectivity index (χ2n) is 5.87. The molecule has 3 nitrogen and oxygen atoms in total. The molecule has 1 aromatic carbocycles. The summed E-state index contributed by atoms with van der Waals surface area (Å²) in [5, 5.41) is 0. The minimum atomic E-state index is -0.193. The number of carbonyl (C=O) groups is 2. The number of benzene rings is 1. The molecule has 2 atom stereocenters. The quantitative estimate of drug-likeness (QED) is 0.470. The summed E-state index contributed by atoms with van der Waals surface area (Å²) in [6.45, 7) is 4.06. The van der Waals surface area contributed by atoms with Crippen LogP contribution in [0.25, 0.3) is 0 Å². The number of allylic oxidation sites excluding steroid dienone is 2. The Morgan fingerprint density at radius 1 is 1.30 bits per heavy atom. The molecule has 3 heteroatoms. The van der Waals surface area contributed by atoms with Crippen molar-refractivity contribution in [3.63, 3.8) is 0 Å². The molecule has 1 aromatic rings. The van der Waals surface area contributed by atoms with Crippen LogP contribution in [-0.4, -0.2) is 19.4 Å². The van der Waals surface area contributed by atoms with E-state index in [-0.39, 0.29) is 23.2 Å². The van der Waals surface area contributed by atoms with E-state index in [0.717, 1.165) is 17.4 Å². The lowest BCUT2D eigenvalue weighted by atomic mass is 10.0. The lowest BCUT2D eigenvalue weighted by Gasteiger charge is -2.02. The Hall–Kier alpha value is -1.90. The van der Waals surface area contributed by atoms with Gasteiger partial charge in [0, 0.05) is 6.42 Å². The first-order valence-corrected chi connectivity index (χ1v) is 6.78. The van der Waals surface area contributed by atoms with Crippen molar-refractivity contribution in [1.82, 2.24) is 0 Å². The van der Waals surface area contributed by atoms with Crippen molar-refractivity contribution in [3.05, 3.63) is 47.5 Å². The highest BCUT2D eigenvalue weighted by atomic mass is 16.5. The van der Waals surface area contributed by atoms with Crippen LogP contribution in [0.3, 0.4) is 0 Å². The fourth-order valence-corrected chi connectivity index (χ4v) is 2.77. The van der Waals surface area contributed by atoms with Gasteiger partial charge in [0.2, 0.25) is 0 Å². The normalized spacial score (nSPS) is 24.1. The van der Waals surface area contributed by atoms with Gasteiger partial charge in [-0.05, 0) is 22.5 Å². The molecule has 0 aliphatic heterocycles. The van der Waals surface area contributed by atoms with Gasteiger partial charge < -0.3 is 4.74 Å². The first-order valence-electron chi connectivity index (χ1n) is 6.78.